The van der Waals surface area contributed by atoms with Crippen molar-refractivity contribution in [3.8, 4) is 0 Å². The Bertz CT molecular complexity index is 567. The summed E-state index contributed by atoms with van der Waals surface area (Å²) in [4.78, 5) is 11.2. The number of aryl methyl sites for hydroxylation is 2. The summed E-state index contributed by atoms with van der Waals surface area (Å²) in [5.41, 5.74) is 1.15. The molecule has 0 spiro atoms. The summed E-state index contributed by atoms with van der Waals surface area (Å²) in [5, 5.41) is 7.32. The van der Waals surface area contributed by atoms with E-state index in [2.05, 4.69) is 25.3 Å². The van der Waals surface area contributed by atoms with Crippen LogP contribution in [-0.4, -0.2) is 37.9 Å². The minimum atomic E-state index is -0.412. The van der Waals surface area contributed by atoms with Crippen LogP contribution in [-0.2, 0) is 13.1 Å². The van der Waals surface area contributed by atoms with Crippen LogP contribution in [0.3, 0.4) is 0 Å². The van der Waals surface area contributed by atoms with Gasteiger partial charge in [0, 0.05) is 5.38 Å². The zero-order valence-electron chi connectivity index (χ0n) is 11.5. The maximum atomic E-state index is 12.5. The van der Waals surface area contributed by atoms with Gasteiger partial charge >= 0.3 is 0 Å². The van der Waals surface area contributed by atoms with Crippen LogP contribution in [0.5, 0.6) is 0 Å². The third-order valence-corrected chi connectivity index (χ3v) is 4.47. The van der Waals surface area contributed by atoms with E-state index in [1.165, 1.54) is 12.7 Å². The second-order valence-electron chi connectivity index (χ2n) is 5.01. The zero-order chi connectivity index (χ0) is 13.9. The van der Waals surface area contributed by atoms with Gasteiger partial charge in [0.25, 0.3) is 0 Å². The molecular formula is C13H18FN5S. The molecule has 0 aromatic carbocycles. The van der Waals surface area contributed by atoms with Crippen molar-refractivity contribution in [2.24, 2.45) is 0 Å². The zero-order valence-corrected chi connectivity index (χ0v) is 12.3. The van der Waals surface area contributed by atoms with Gasteiger partial charge in [0.2, 0.25) is 0 Å². The maximum Gasteiger partial charge on any atom is 0.141 e. The lowest BCUT2D eigenvalue weighted by Gasteiger charge is -2.22. The highest BCUT2D eigenvalue weighted by molar-refractivity contribution is 7.09. The van der Waals surface area contributed by atoms with Gasteiger partial charge < -0.3 is 0 Å². The molecule has 1 atom stereocenters. The first-order valence-electron chi connectivity index (χ1n) is 6.86. The molecule has 0 aliphatic carbocycles. The standard InChI is InChI=1S/C13H18FN5S/c1-10-17-11(8-20-10)12-3-2-5-18(12)7-13-15-9-16-19(13)6-4-14/h8-9,12H,2-7H2,1H3/t12-/m1/s1. The first-order valence-corrected chi connectivity index (χ1v) is 7.74. The van der Waals surface area contributed by atoms with Gasteiger partial charge in [-0.1, -0.05) is 0 Å². The molecule has 3 heterocycles. The van der Waals surface area contributed by atoms with Gasteiger partial charge in [-0.2, -0.15) is 5.10 Å². The molecule has 108 valence electrons. The smallest absolute Gasteiger partial charge is 0.141 e. The van der Waals surface area contributed by atoms with E-state index in [9.17, 15) is 4.39 Å². The van der Waals surface area contributed by atoms with Crippen molar-refractivity contribution in [3.63, 3.8) is 0 Å². The second-order valence-corrected chi connectivity index (χ2v) is 6.07. The van der Waals surface area contributed by atoms with Crippen LogP contribution in [0, 0.1) is 6.92 Å². The highest BCUT2D eigenvalue weighted by Gasteiger charge is 2.28. The first-order chi connectivity index (χ1) is 9.78. The molecule has 0 saturated carbocycles. The summed E-state index contributed by atoms with van der Waals surface area (Å²) >= 11 is 1.69. The van der Waals surface area contributed by atoms with Gasteiger partial charge in [0.15, 0.2) is 0 Å². The average molecular weight is 295 g/mol. The quantitative estimate of drug-likeness (QED) is 0.849. The molecule has 0 unspecified atom stereocenters. The topological polar surface area (TPSA) is 46.8 Å². The number of hydrogen-bond donors (Lipinski definition) is 0. The van der Waals surface area contributed by atoms with Gasteiger partial charge in [-0.05, 0) is 26.3 Å². The summed E-state index contributed by atoms with van der Waals surface area (Å²) in [7, 11) is 0. The third-order valence-electron chi connectivity index (χ3n) is 3.68. The van der Waals surface area contributed by atoms with E-state index in [1.54, 1.807) is 16.0 Å². The normalized spacial score (nSPS) is 19.8. The maximum absolute atomic E-state index is 12.5. The Morgan fingerprint density at radius 3 is 3.15 bits per heavy atom. The van der Waals surface area contributed by atoms with Crippen molar-refractivity contribution >= 4 is 11.3 Å². The third kappa shape index (κ3) is 2.73. The Hall–Kier alpha value is -1.34. The fraction of sp³-hybridized carbons (Fsp3) is 0.615. The Morgan fingerprint density at radius 1 is 1.50 bits per heavy atom. The average Bonchev–Trinajstić information content (AvgIpc) is 3.13. The number of thiazole rings is 1. The van der Waals surface area contributed by atoms with E-state index in [1.807, 2.05) is 6.92 Å². The molecule has 2 aromatic heterocycles. The second kappa shape index (κ2) is 5.97. The molecule has 0 radical (unpaired) electrons. The number of rotatable bonds is 5. The Balaban J connectivity index is 1.74. The van der Waals surface area contributed by atoms with Crippen molar-refractivity contribution in [3.05, 3.63) is 28.2 Å². The van der Waals surface area contributed by atoms with Crippen LogP contribution >= 0.6 is 11.3 Å². The highest BCUT2D eigenvalue weighted by atomic mass is 32.1. The first kappa shape index (κ1) is 13.6. The summed E-state index contributed by atoms with van der Waals surface area (Å²) in [6.07, 6.45) is 3.79. The summed E-state index contributed by atoms with van der Waals surface area (Å²) in [6, 6.07) is 0.357. The molecule has 5 nitrogen and oxygen atoms in total. The van der Waals surface area contributed by atoms with Crippen molar-refractivity contribution in [1.29, 1.82) is 0 Å². The molecule has 0 amide bonds. The van der Waals surface area contributed by atoms with Crippen molar-refractivity contribution < 1.29 is 4.39 Å². The number of aromatic nitrogens is 4. The Labute approximate surface area is 121 Å². The molecular weight excluding hydrogens is 277 g/mol. The predicted octanol–water partition coefficient (Wildman–Crippen LogP) is 2.35. The minimum Gasteiger partial charge on any atom is -0.287 e. The number of alkyl halides is 1. The molecule has 1 aliphatic heterocycles. The van der Waals surface area contributed by atoms with Gasteiger partial charge in [-0.3, -0.25) is 4.90 Å². The minimum absolute atomic E-state index is 0.281. The van der Waals surface area contributed by atoms with Gasteiger partial charge in [0.1, 0.15) is 18.8 Å². The van der Waals surface area contributed by atoms with Gasteiger partial charge in [0.05, 0.1) is 29.8 Å². The fourth-order valence-electron chi connectivity index (χ4n) is 2.74. The SMILES string of the molecule is Cc1nc([C@H]2CCCN2Cc2ncnn2CCF)cs1. The lowest BCUT2D eigenvalue weighted by atomic mass is 10.2. The molecule has 20 heavy (non-hydrogen) atoms. The van der Waals surface area contributed by atoms with E-state index in [0.29, 0.717) is 12.6 Å². The van der Waals surface area contributed by atoms with E-state index in [-0.39, 0.29) is 6.54 Å². The number of hydrogen-bond acceptors (Lipinski definition) is 5. The molecule has 1 fully saturated rings. The van der Waals surface area contributed by atoms with Crippen LogP contribution in [0.4, 0.5) is 4.39 Å². The highest BCUT2D eigenvalue weighted by Crippen LogP contribution is 2.33. The molecule has 2 aromatic rings. The molecule has 0 N–H and O–H groups in total. The Morgan fingerprint density at radius 2 is 2.40 bits per heavy atom. The van der Waals surface area contributed by atoms with Crippen LogP contribution in [0.15, 0.2) is 11.7 Å². The molecule has 0 bridgehead atoms. The summed E-state index contributed by atoms with van der Waals surface area (Å²) < 4.78 is 14.1. The van der Waals surface area contributed by atoms with Crippen molar-refractivity contribution in [2.75, 3.05) is 13.2 Å². The summed E-state index contributed by atoms with van der Waals surface area (Å²) in [6.45, 7) is 3.64. The van der Waals surface area contributed by atoms with E-state index in [4.69, 9.17) is 0 Å². The lowest BCUT2D eigenvalue weighted by molar-refractivity contribution is 0.232. The van der Waals surface area contributed by atoms with E-state index >= 15 is 0 Å². The molecule has 3 rings (SSSR count). The van der Waals surface area contributed by atoms with Gasteiger partial charge in [-0.25, -0.2) is 19.0 Å². The van der Waals surface area contributed by atoms with Gasteiger partial charge in [-0.15, -0.1) is 11.3 Å². The van der Waals surface area contributed by atoms with Crippen molar-refractivity contribution in [2.45, 2.75) is 38.9 Å². The fourth-order valence-corrected chi connectivity index (χ4v) is 3.40. The van der Waals surface area contributed by atoms with E-state index < -0.39 is 6.67 Å². The number of halogens is 1. The lowest BCUT2D eigenvalue weighted by Crippen LogP contribution is -2.25. The monoisotopic (exact) mass is 295 g/mol. The summed E-state index contributed by atoms with van der Waals surface area (Å²) in [5.74, 6) is 0.835. The van der Waals surface area contributed by atoms with Crippen LogP contribution in [0.1, 0.15) is 35.4 Å². The molecule has 7 heteroatoms. The van der Waals surface area contributed by atoms with Crippen molar-refractivity contribution in [1.82, 2.24) is 24.6 Å². The Kier molecular flexibility index (Phi) is 4.07. The van der Waals surface area contributed by atoms with E-state index in [0.717, 1.165) is 29.5 Å². The largest absolute Gasteiger partial charge is 0.287 e. The van der Waals surface area contributed by atoms with Crippen LogP contribution in [0.25, 0.3) is 0 Å². The number of likely N-dealkylation sites (tertiary alicyclic amines) is 1. The van der Waals surface area contributed by atoms with Crippen LogP contribution < -0.4 is 0 Å². The molecule has 1 aliphatic rings. The molecule has 1 saturated heterocycles. The predicted molar refractivity (Wildman–Crippen MR) is 75.2 cm³/mol. The van der Waals surface area contributed by atoms with Crippen LogP contribution in [0.2, 0.25) is 0 Å². The number of nitrogens with zero attached hydrogens (tertiary/aromatic N) is 5.